The summed E-state index contributed by atoms with van der Waals surface area (Å²) >= 11 is 0. The number of alkyl halides is 4. The molecular weight excluding hydrogens is 264 g/mol. The first kappa shape index (κ1) is 16.6. The van der Waals surface area contributed by atoms with E-state index in [0.717, 1.165) is 0 Å². The van der Waals surface area contributed by atoms with Crippen LogP contribution in [0.5, 0.6) is 0 Å². The molecule has 17 heavy (non-hydrogen) atoms. The lowest BCUT2D eigenvalue weighted by Gasteiger charge is -2.21. The molecule has 0 radical (unpaired) electrons. The normalized spacial score (nSPS) is 16.8. The lowest BCUT2D eigenvalue weighted by atomic mass is 9.96. The van der Waals surface area contributed by atoms with Crippen molar-refractivity contribution in [2.45, 2.75) is 50.7 Å². The molecule has 0 amide bonds. The highest BCUT2D eigenvalue weighted by Gasteiger charge is 2.39. The molecule has 2 atom stereocenters. The van der Waals surface area contributed by atoms with Gasteiger partial charge in [0.05, 0.1) is 5.92 Å². The van der Waals surface area contributed by atoms with Crippen LogP contribution in [0.25, 0.3) is 0 Å². The zero-order valence-corrected chi connectivity index (χ0v) is 10.2. The Labute approximate surface area is 97.9 Å². The van der Waals surface area contributed by atoms with E-state index >= 15 is 0 Å². The summed E-state index contributed by atoms with van der Waals surface area (Å²) in [5.41, 5.74) is -2.76. The van der Waals surface area contributed by atoms with E-state index < -0.39 is 40.6 Å². The minimum Gasteiger partial charge on any atom is -0.746 e. The van der Waals surface area contributed by atoms with Crippen LogP contribution in [0.1, 0.15) is 39.0 Å². The van der Waals surface area contributed by atoms with Gasteiger partial charge in [-0.1, -0.05) is 19.8 Å². The molecule has 104 valence electrons. The predicted octanol–water partition coefficient (Wildman–Crippen LogP) is 2.98. The summed E-state index contributed by atoms with van der Waals surface area (Å²) in [5.74, 6) is -1.75. The Morgan fingerprint density at radius 1 is 1.18 bits per heavy atom. The van der Waals surface area contributed by atoms with Crippen molar-refractivity contribution in [3.05, 3.63) is 0 Å². The van der Waals surface area contributed by atoms with Crippen molar-refractivity contribution < 1.29 is 30.5 Å². The zero-order chi connectivity index (χ0) is 13.7. The zero-order valence-electron chi connectivity index (χ0n) is 9.34. The fraction of sp³-hybridized carbons (Fsp3) is 1.00. The second kappa shape index (κ2) is 6.53. The molecule has 0 aromatic heterocycles. The Morgan fingerprint density at radius 2 is 1.71 bits per heavy atom. The summed E-state index contributed by atoms with van der Waals surface area (Å²) < 4.78 is 80.6. The van der Waals surface area contributed by atoms with Gasteiger partial charge in [0.1, 0.15) is 10.1 Å². The minimum atomic E-state index is -5.15. The SMILES string of the molecule is CCCCC(CCC(F)S(=O)(=O)[O-])C(F)(F)F. The molecule has 2 unspecified atom stereocenters. The van der Waals surface area contributed by atoms with Crippen molar-refractivity contribution in [1.82, 2.24) is 0 Å². The average Bonchev–Trinajstić information content (AvgIpc) is 2.13. The Bertz CT molecular complexity index is 313. The van der Waals surface area contributed by atoms with Crippen LogP contribution in [-0.4, -0.2) is 24.7 Å². The van der Waals surface area contributed by atoms with Crippen molar-refractivity contribution in [3.63, 3.8) is 0 Å². The molecule has 0 aliphatic rings. The molecule has 0 heterocycles. The van der Waals surface area contributed by atoms with Crippen LogP contribution < -0.4 is 0 Å². The van der Waals surface area contributed by atoms with E-state index in [9.17, 15) is 30.5 Å². The van der Waals surface area contributed by atoms with E-state index in [1.54, 1.807) is 6.92 Å². The molecular formula is C9H15F4O3S-. The summed E-state index contributed by atoms with van der Waals surface area (Å²) in [7, 11) is -5.15. The van der Waals surface area contributed by atoms with E-state index in [1.807, 2.05) is 0 Å². The van der Waals surface area contributed by atoms with Crippen LogP contribution in [0.4, 0.5) is 17.6 Å². The van der Waals surface area contributed by atoms with Crippen molar-refractivity contribution in [1.29, 1.82) is 0 Å². The van der Waals surface area contributed by atoms with Gasteiger partial charge in [0, 0.05) is 0 Å². The summed E-state index contributed by atoms with van der Waals surface area (Å²) in [5, 5.41) is 0. The van der Waals surface area contributed by atoms with Crippen molar-refractivity contribution in [2.24, 2.45) is 5.92 Å². The van der Waals surface area contributed by atoms with Gasteiger partial charge in [-0.25, -0.2) is 12.8 Å². The number of rotatable bonds is 7. The van der Waals surface area contributed by atoms with Gasteiger partial charge in [-0.3, -0.25) is 0 Å². The van der Waals surface area contributed by atoms with Crippen LogP contribution in [0, 0.1) is 5.92 Å². The maximum Gasteiger partial charge on any atom is 0.391 e. The smallest absolute Gasteiger partial charge is 0.391 e. The van der Waals surface area contributed by atoms with Crippen LogP contribution in [0.15, 0.2) is 0 Å². The Balaban J connectivity index is 4.36. The molecule has 8 heteroatoms. The van der Waals surface area contributed by atoms with Gasteiger partial charge in [-0.15, -0.1) is 0 Å². The number of hydrogen-bond donors (Lipinski definition) is 0. The van der Waals surface area contributed by atoms with E-state index in [4.69, 9.17) is 0 Å². The fourth-order valence-electron chi connectivity index (χ4n) is 1.40. The number of unbranched alkanes of at least 4 members (excludes halogenated alkanes) is 1. The Kier molecular flexibility index (Phi) is 6.39. The number of halogens is 4. The van der Waals surface area contributed by atoms with E-state index in [2.05, 4.69) is 0 Å². The van der Waals surface area contributed by atoms with Crippen LogP contribution in [-0.2, 0) is 10.1 Å². The molecule has 0 aromatic rings. The highest BCUT2D eigenvalue weighted by atomic mass is 32.2. The molecule has 0 aliphatic carbocycles. The van der Waals surface area contributed by atoms with Gasteiger partial charge in [0.25, 0.3) is 0 Å². The first-order valence-corrected chi connectivity index (χ1v) is 6.71. The monoisotopic (exact) mass is 279 g/mol. The molecule has 0 aliphatic heterocycles. The first-order valence-electron chi connectivity index (χ1n) is 5.24. The first-order chi connectivity index (χ1) is 7.59. The van der Waals surface area contributed by atoms with E-state index in [0.29, 0.717) is 12.8 Å². The quantitative estimate of drug-likeness (QED) is 0.531. The lowest BCUT2D eigenvalue weighted by molar-refractivity contribution is -0.179. The van der Waals surface area contributed by atoms with E-state index in [1.165, 1.54) is 0 Å². The molecule has 0 bridgehead atoms. The summed E-state index contributed by atoms with van der Waals surface area (Å²) in [6.45, 7) is 1.72. The minimum absolute atomic E-state index is 0.175. The molecule has 0 saturated heterocycles. The van der Waals surface area contributed by atoms with E-state index in [-0.39, 0.29) is 6.42 Å². The standard InChI is InChI=1S/C9H16F4O3S/c1-2-3-4-7(9(11,12)13)5-6-8(10)17(14,15)16/h7-8H,2-6H2,1H3,(H,14,15,16)/p-1. The topological polar surface area (TPSA) is 57.2 Å². The van der Waals surface area contributed by atoms with Gasteiger partial charge in [-0.2, -0.15) is 13.2 Å². The second-order valence-corrected chi connectivity index (χ2v) is 5.36. The van der Waals surface area contributed by atoms with Crippen molar-refractivity contribution in [3.8, 4) is 0 Å². The third kappa shape index (κ3) is 6.82. The highest BCUT2D eigenvalue weighted by Crippen LogP contribution is 2.34. The fourth-order valence-corrected chi connectivity index (χ4v) is 1.82. The molecule has 0 N–H and O–H groups in total. The average molecular weight is 279 g/mol. The molecule has 0 spiro atoms. The maximum atomic E-state index is 12.7. The Morgan fingerprint density at radius 3 is 2.06 bits per heavy atom. The van der Waals surface area contributed by atoms with Crippen LogP contribution >= 0.6 is 0 Å². The van der Waals surface area contributed by atoms with Gasteiger partial charge >= 0.3 is 6.18 Å². The van der Waals surface area contributed by atoms with Gasteiger partial charge < -0.3 is 4.55 Å². The maximum absolute atomic E-state index is 12.7. The van der Waals surface area contributed by atoms with Crippen LogP contribution in [0.2, 0.25) is 0 Å². The largest absolute Gasteiger partial charge is 0.746 e. The third-order valence-electron chi connectivity index (χ3n) is 2.42. The Hall–Kier alpha value is -0.370. The predicted molar refractivity (Wildman–Crippen MR) is 52.9 cm³/mol. The summed E-state index contributed by atoms with van der Waals surface area (Å²) in [6.07, 6.45) is -5.35. The lowest BCUT2D eigenvalue weighted by Crippen LogP contribution is -2.25. The summed E-state index contributed by atoms with van der Waals surface area (Å²) in [4.78, 5) is 0. The second-order valence-electron chi connectivity index (χ2n) is 3.86. The highest BCUT2D eigenvalue weighted by molar-refractivity contribution is 7.86. The van der Waals surface area contributed by atoms with Crippen molar-refractivity contribution >= 4 is 10.1 Å². The molecule has 3 nitrogen and oxygen atoms in total. The van der Waals surface area contributed by atoms with Crippen LogP contribution in [0.3, 0.4) is 0 Å². The van der Waals surface area contributed by atoms with Crippen molar-refractivity contribution in [2.75, 3.05) is 0 Å². The number of hydrogen-bond acceptors (Lipinski definition) is 3. The van der Waals surface area contributed by atoms with Gasteiger partial charge in [0.15, 0.2) is 5.50 Å². The molecule has 0 fully saturated rings. The summed E-state index contributed by atoms with van der Waals surface area (Å²) in [6, 6.07) is 0. The molecule has 0 saturated carbocycles. The van der Waals surface area contributed by atoms with Gasteiger partial charge in [0.2, 0.25) is 0 Å². The molecule has 0 aromatic carbocycles. The third-order valence-corrected chi connectivity index (χ3v) is 3.29. The van der Waals surface area contributed by atoms with Gasteiger partial charge in [-0.05, 0) is 19.3 Å². The molecule has 0 rings (SSSR count).